The lowest BCUT2D eigenvalue weighted by molar-refractivity contribution is -0.153. The molecule has 0 bridgehead atoms. The molecule has 1 atom stereocenters. The Morgan fingerprint density at radius 3 is 1.17 bits per heavy atom. The van der Waals surface area contributed by atoms with Crippen molar-refractivity contribution in [2.75, 3.05) is 0 Å². The normalized spacial score (nSPS) is 12.4. The second-order valence-electron chi connectivity index (χ2n) is 9.42. The molecule has 0 saturated heterocycles. The first-order chi connectivity index (χ1) is 14.1. The third-order valence-electron chi connectivity index (χ3n) is 6.00. The molecule has 29 heavy (non-hydrogen) atoms. The van der Waals surface area contributed by atoms with Gasteiger partial charge in [0.25, 0.3) is 0 Å². The van der Waals surface area contributed by atoms with Crippen LogP contribution in [-0.2, 0) is 9.53 Å². The fraction of sp³-hybridized carbons (Fsp3) is 0.963. The Hall–Kier alpha value is -0.530. The van der Waals surface area contributed by atoms with Gasteiger partial charge < -0.3 is 4.74 Å². The van der Waals surface area contributed by atoms with Gasteiger partial charge in [0.1, 0.15) is 0 Å². The van der Waals surface area contributed by atoms with Crippen LogP contribution < -0.4 is 0 Å². The van der Waals surface area contributed by atoms with Crippen LogP contribution in [0.2, 0.25) is 0 Å². The van der Waals surface area contributed by atoms with Crippen molar-refractivity contribution in [1.29, 1.82) is 0 Å². The minimum Gasteiger partial charge on any atom is -0.463 e. The van der Waals surface area contributed by atoms with E-state index >= 15 is 0 Å². The summed E-state index contributed by atoms with van der Waals surface area (Å²) in [7, 11) is 0. The summed E-state index contributed by atoms with van der Waals surface area (Å²) in [5, 5.41) is 0. The molecule has 0 saturated carbocycles. The molecular formula is C27H54O2. The van der Waals surface area contributed by atoms with Crippen LogP contribution in [0.4, 0.5) is 0 Å². The van der Waals surface area contributed by atoms with Gasteiger partial charge in [-0.2, -0.15) is 0 Å². The van der Waals surface area contributed by atoms with E-state index in [1.807, 2.05) is 13.8 Å². The maximum Gasteiger partial charge on any atom is 0.309 e. The molecule has 0 aromatic carbocycles. The topological polar surface area (TPSA) is 26.3 Å². The standard InChI is InChI=1S/C27H54O2/c1-5-7-9-11-13-14-15-16-17-18-20-22-24-26(27(28)29-25(3)4)23-21-19-12-10-8-6-2/h25-26H,5-24H2,1-4H3. The van der Waals surface area contributed by atoms with Crippen molar-refractivity contribution >= 4 is 5.97 Å². The van der Waals surface area contributed by atoms with Crippen molar-refractivity contribution in [3.63, 3.8) is 0 Å². The van der Waals surface area contributed by atoms with Crippen LogP contribution in [0.25, 0.3) is 0 Å². The molecule has 1 unspecified atom stereocenters. The van der Waals surface area contributed by atoms with E-state index in [1.165, 1.54) is 116 Å². The maximum absolute atomic E-state index is 12.4. The van der Waals surface area contributed by atoms with Crippen molar-refractivity contribution in [3.8, 4) is 0 Å². The lowest BCUT2D eigenvalue weighted by atomic mass is 9.94. The highest BCUT2D eigenvalue weighted by Gasteiger charge is 2.20. The highest BCUT2D eigenvalue weighted by Crippen LogP contribution is 2.21. The number of esters is 1. The Morgan fingerprint density at radius 2 is 0.862 bits per heavy atom. The molecule has 2 heteroatoms. The second kappa shape index (κ2) is 22.2. The molecule has 174 valence electrons. The van der Waals surface area contributed by atoms with Gasteiger partial charge in [-0.15, -0.1) is 0 Å². The van der Waals surface area contributed by atoms with E-state index in [1.54, 1.807) is 0 Å². The van der Waals surface area contributed by atoms with Crippen molar-refractivity contribution in [2.24, 2.45) is 5.92 Å². The predicted molar refractivity (Wildman–Crippen MR) is 128 cm³/mol. The van der Waals surface area contributed by atoms with Gasteiger partial charge in [0.15, 0.2) is 0 Å². The average molecular weight is 411 g/mol. The van der Waals surface area contributed by atoms with Crippen molar-refractivity contribution in [3.05, 3.63) is 0 Å². The molecule has 2 nitrogen and oxygen atoms in total. The molecule has 0 aliphatic rings. The number of carbonyl (C=O) groups is 1. The number of ether oxygens (including phenoxy) is 1. The van der Waals surface area contributed by atoms with Gasteiger partial charge in [0.2, 0.25) is 0 Å². The van der Waals surface area contributed by atoms with Gasteiger partial charge in [-0.25, -0.2) is 0 Å². The lowest BCUT2D eigenvalue weighted by Gasteiger charge is -2.18. The molecule has 0 aliphatic carbocycles. The lowest BCUT2D eigenvalue weighted by Crippen LogP contribution is -2.21. The van der Waals surface area contributed by atoms with Crippen molar-refractivity contribution in [2.45, 2.75) is 162 Å². The molecule has 0 radical (unpaired) electrons. The van der Waals surface area contributed by atoms with Gasteiger partial charge in [-0.05, 0) is 26.7 Å². The summed E-state index contributed by atoms with van der Waals surface area (Å²) in [6.07, 6.45) is 26.2. The molecule has 0 aromatic heterocycles. The van der Waals surface area contributed by atoms with E-state index in [9.17, 15) is 4.79 Å². The van der Waals surface area contributed by atoms with Crippen LogP contribution in [-0.4, -0.2) is 12.1 Å². The van der Waals surface area contributed by atoms with Crippen LogP contribution in [0.1, 0.15) is 156 Å². The van der Waals surface area contributed by atoms with Gasteiger partial charge in [0.05, 0.1) is 12.0 Å². The minimum absolute atomic E-state index is 0.0107. The molecule has 0 heterocycles. The molecule has 0 spiro atoms. The van der Waals surface area contributed by atoms with Crippen LogP contribution in [0.3, 0.4) is 0 Å². The molecular weight excluding hydrogens is 356 g/mol. The first-order valence-electron chi connectivity index (χ1n) is 13.3. The van der Waals surface area contributed by atoms with E-state index in [2.05, 4.69) is 13.8 Å². The fourth-order valence-corrected chi connectivity index (χ4v) is 4.11. The van der Waals surface area contributed by atoms with E-state index in [4.69, 9.17) is 4.74 Å². The Balaban J connectivity index is 3.77. The average Bonchev–Trinajstić information content (AvgIpc) is 2.69. The fourth-order valence-electron chi connectivity index (χ4n) is 4.11. The molecule has 0 amide bonds. The summed E-state index contributed by atoms with van der Waals surface area (Å²) in [6, 6.07) is 0. The largest absolute Gasteiger partial charge is 0.463 e. The predicted octanol–water partition coefficient (Wildman–Crippen LogP) is 9.40. The minimum atomic E-state index is 0.0107. The Labute approximate surface area is 184 Å². The molecule has 0 aliphatic heterocycles. The smallest absolute Gasteiger partial charge is 0.309 e. The molecule has 0 aromatic rings. The zero-order valence-corrected chi connectivity index (χ0v) is 20.6. The van der Waals surface area contributed by atoms with Gasteiger partial charge in [0, 0.05) is 0 Å². The second-order valence-corrected chi connectivity index (χ2v) is 9.42. The van der Waals surface area contributed by atoms with E-state index in [-0.39, 0.29) is 18.0 Å². The Morgan fingerprint density at radius 1 is 0.552 bits per heavy atom. The molecule has 0 N–H and O–H groups in total. The molecule has 0 fully saturated rings. The Kier molecular flexibility index (Phi) is 21.8. The number of carbonyl (C=O) groups excluding carboxylic acids is 1. The monoisotopic (exact) mass is 410 g/mol. The summed E-state index contributed by atoms with van der Waals surface area (Å²) in [5.74, 6) is 0.184. The first-order valence-corrected chi connectivity index (χ1v) is 13.3. The van der Waals surface area contributed by atoms with Crippen LogP contribution in [0.5, 0.6) is 0 Å². The SMILES string of the molecule is CCCCCCCCCCCCCCC(CCCCCCCC)C(=O)OC(C)C. The van der Waals surface area contributed by atoms with Gasteiger partial charge >= 0.3 is 5.97 Å². The zero-order valence-electron chi connectivity index (χ0n) is 20.6. The third kappa shape index (κ3) is 20.5. The van der Waals surface area contributed by atoms with Crippen LogP contribution in [0.15, 0.2) is 0 Å². The number of rotatable bonds is 22. The maximum atomic E-state index is 12.4. The summed E-state index contributed by atoms with van der Waals surface area (Å²) < 4.78 is 5.53. The highest BCUT2D eigenvalue weighted by atomic mass is 16.5. The van der Waals surface area contributed by atoms with E-state index < -0.39 is 0 Å². The number of hydrogen-bond donors (Lipinski definition) is 0. The zero-order chi connectivity index (χ0) is 21.6. The van der Waals surface area contributed by atoms with E-state index in [0.717, 1.165) is 12.8 Å². The number of unbranched alkanes of at least 4 members (excludes halogenated alkanes) is 16. The van der Waals surface area contributed by atoms with Crippen molar-refractivity contribution < 1.29 is 9.53 Å². The van der Waals surface area contributed by atoms with Crippen LogP contribution in [0, 0.1) is 5.92 Å². The van der Waals surface area contributed by atoms with Crippen LogP contribution >= 0.6 is 0 Å². The van der Waals surface area contributed by atoms with Crippen molar-refractivity contribution in [1.82, 2.24) is 0 Å². The first kappa shape index (κ1) is 28.5. The Bertz CT molecular complexity index is 337. The molecule has 0 rings (SSSR count). The highest BCUT2D eigenvalue weighted by molar-refractivity contribution is 5.72. The summed E-state index contributed by atoms with van der Waals surface area (Å²) in [6.45, 7) is 8.46. The summed E-state index contributed by atoms with van der Waals surface area (Å²) >= 11 is 0. The summed E-state index contributed by atoms with van der Waals surface area (Å²) in [4.78, 5) is 12.4. The summed E-state index contributed by atoms with van der Waals surface area (Å²) in [5.41, 5.74) is 0. The quantitative estimate of drug-likeness (QED) is 0.131. The number of hydrogen-bond acceptors (Lipinski definition) is 2. The van der Waals surface area contributed by atoms with Gasteiger partial charge in [-0.1, -0.05) is 129 Å². The third-order valence-corrected chi connectivity index (χ3v) is 6.00. The van der Waals surface area contributed by atoms with Gasteiger partial charge in [-0.3, -0.25) is 4.79 Å². The van der Waals surface area contributed by atoms with E-state index in [0.29, 0.717) is 0 Å².